The molecule has 94 valence electrons. The van der Waals surface area contributed by atoms with Crippen molar-refractivity contribution in [1.82, 2.24) is 21.7 Å². The molecule has 0 bridgehead atoms. The van der Waals surface area contributed by atoms with Gasteiger partial charge in [0.05, 0.1) is 0 Å². The van der Waals surface area contributed by atoms with E-state index >= 15 is 0 Å². The summed E-state index contributed by atoms with van der Waals surface area (Å²) in [5.74, 6) is 0. The molecule has 4 N–H and O–H groups in total. The number of halogens is 2. The van der Waals surface area contributed by atoms with E-state index in [1.165, 1.54) is 11.1 Å². The second-order valence-electron chi connectivity index (χ2n) is 2.98. The topological polar surface area (TPSA) is 48.1 Å². The van der Waals surface area contributed by atoms with Gasteiger partial charge in [-0.25, -0.2) is 0 Å². The van der Waals surface area contributed by atoms with E-state index in [1.807, 2.05) is 14.1 Å². The van der Waals surface area contributed by atoms with Gasteiger partial charge in [0.15, 0.2) is 0 Å². The Kier molecular flexibility index (Phi) is 12.5. The fourth-order valence-electron chi connectivity index (χ4n) is 1.27. The molecule has 0 unspecified atom stereocenters. The standard InChI is InChI=1S/C10H18N4.2ClH/c1-11-13-7-9-5-3-4-6-10(9)8-14-12-2;;/h3-6,11-14H,7-8H2,1-2H3;2*1H. The van der Waals surface area contributed by atoms with Crippen LogP contribution < -0.4 is 21.7 Å². The molecule has 0 heterocycles. The summed E-state index contributed by atoms with van der Waals surface area (Å²) in [7, 11) is 3.74. The summed E-state index contributed by atoms with van der Waals surface area (Å²) in [4.78, 5) is 0. The van der Waals surface area contributed by atoms with Gasteiger partial charge < -0.3 is 0 Å². The number of benzene rings is 1. The van der Waals surface area contributed by atoms with Crippen LogP contribution in [-0.2, 0) is 13.1 Å². The van der Waals surface area contributed by atoms with Crippen LogP contribution in [0, 0.1) is 0 Å². The number of hydrogen-bond acceptors (Lipinski definition) is 4. The third-order valence-corrected chi connectivity index (χ3v) is 2.03. The highest BCUT2D eigenvalue weighted by atomic mass is 35.5. The monoisotopic (exact) mass is 266 g/mol. The zero-order chi connectivity index (χ0) is 10.2. The molecule has 1 rings (SSSR count). The lowest BCUT2D eigenvalue weighted by atomic mass is 10.1. The molecule has 16 heavy (non-hydrogen) atoms. The van der Waals surface area contributed by atoms with Crippen molar-refractivity contribution in [3.05, 3.63) is 35.4 Å². The first-order valence-electron chi connectivity index (χ1n) is 4.74. The van der Waals surface area contributed by atoms with Gasteiger partial charge in [-0.1, -0.05) is 24.3 Å². The molecule has 4 nitrogen and oxygen atoms in total. The minimum Gasteiger partial charge on any atom is -0.261 e. The van der Waals surface area contributed by atoms with Gasteiger partial charge in [-0.2, -0.15) is 0 Å². The molecule has 0 aliphatic heterocycles. The van der Waals surface area contributed by atoms with Crippen molar-refractivity contribution in [2.75, 3.05) is 14.1 Å². The van der Waals surface area contributed by atoms with Crippen LogP contribution in [0.5, 0.6) is 0 Å². The molecule has 0 amide bonds. The van der Waals surface area contributed by atoms with Crippen molar-refractivity contribution in [2.24, 2.45) is 0 Å². The minimum atomic E-state index is 0. The summed E-state index contributed by atoms with van der Waals surface area (Å²) in [5, 5.41) is 0. The molecule has 0 aromatic heterocycles. The van der Waals surface area contributed by atoms with Crippen molar-refractivity contribution in [3.63, 3.8) is 0 Å². The predicted octanol–water partition coefficient (Wildman–Crippen LogP) is 0.978. The minimum absolute atomic E-state index is 0. The van der Waals surface area contributed by atoms with E-state index in [0.717, 1.165) is 13.1 Å². The SMILES string of the molecule is CNNCc1ccccc1CNNC.Cl.Cl. The zero-order valence-corrected chi connectivity index (χ0v) is 11.2. The van der Waals surface area contributed by atoms with E-state index in [1.54, 1.807) is 0 Å². The van der Waals surface area contributed by atoms with Gasteiger partial charge in [-0.3, -0.25) is 21.7 Å². The zero-order valence-electron chi connectivity index (χ0n) is 9.54. The summed E-state index contributed by atoms with van der Waals surface area (Å²) in [6.45, 7) is 1.66. The Morgan fingerprint density at radius 2 is 1.19 bits per heavy atom. The Bertz CT molecular complexity index is 244. The molecule has 0 spiro atoms. The van der Waals surface area contributed by atoms with E-state index in [9.17, 15) is 0 Å². The van der Waals surface area contributed by atoms with Crippen LogP contribution in [0.25, 0.3) is 0 Å². The van der Waals surface area contributed by atoms with Gasteiger partial charge in [-0.15, -0.1) is 24.8 Å². The fraction of sp³-hybridized carbons (Fsp3) is 0.400. The molecule has 0 radical (unpaired) electrons. The van der Waals surface area contributed by atoms with Gasteiger partial charge in [0.1, 0.15) is 0 Å². The van der Waals surface area contributed by atoms with E-state index in [2.05, 4.69) is 46.0 Å². The average Bonchev–Trinajstić information content (AvgIpc) is 2.24. The third kappa shape index (κ3) is 6.27. The molecule has 1 aromatic carbocycles. The predicted molar refractivity (Wildman–Crippen MR) is 72.7 cm³/mol. The van der Waals surface area contributed by atoms with E-state index in [0.29, 0.717) is 0 Å². The molecule has 0 saturated carbocycles. The van der Waals surface area contributed by atoms with Crippen molar-refractivity contribution in [2.45, 2.75) is 13.1 Å². The quantitative estimate of drug-likeness (QED) is 0.580. The lowest BCUT2D eigenvalue weighted by molar-refractivity contribution is 0.572. The molecule has 0 aliphatic carbocycles. The van der Waals surface area contributed by atoms with Crippen LogP contribution in [0.2, 0.25) is 0 Å². The molecular weight excluding hydrogens is 247 g/mol. The summed E-state index contributed by atoms with van der Waals surface area (Å²) < 4.78 is 0. The fourth-order valence-corrected chi connectivity index (χ4v) is 1.27. The van der Waals surface area contributed by atoms with Crippen molar-refractivity contribution in [1.29, 1.82) is 0 Å². The van der Waals surface area contributed by atoms with Crippen LogP contribution in [0.3, 0.4) is 0 Å². The number of hydrogen-bond donors (Lipinski definition) is 4. The Morgan fingerprint density at radius 3 is 1.50 bits per heavy atom. The first-order valence-corrected chi connectivity index (χ1v) is 4.74. The van der Waals surface area contributed by atoms with Gasteiger partial charge in [-0.05, 0) is 25.2 Å². The normalized spacial score (nSPS) is 9.12. The molecule has 0 fully saturated rings. The summed E-state index contributed by atoms with van der Waals surface area (Å²) in [5.41, 5.74) is 14.6. The molecule has 6 heteroatoms. The highest BCUT2D eigenvalue weighted by molar-refractivity contribution is 5.85. The molecule has 0 atom stereocenters. The van der Waals surface area contributed by atoms with E-state index in [-0.39, 0.29) is 24.8 Å². The van der Waals surface area contributed by atoms with Crippen molar-refractivity contribution in [3.8, 4) is 0 Å². The van der Waals surface area contributed by atoms with Gasteiger partial charge in [0.25, 0.3) is 0 Å². The van der Waals surface area contributed by atoms with Crippen molar-refractivity contribution >= 4 is 24.8 Å². The number of hydrazine groups is 2. The third-order valence-electron chi connectivity index (χ3n) is 2.03. The molecule has 0 saturated heterocycles. The van der Waals surface area contributed by atoms with Gasteiger partial charge in [0.2, 0.25) is 0 Å². The molecule has 0 aliphatic rings. The first kappa shape index (κ1) is 18.0. The summed E-state index contributed by atoms with van der Waals surface area (Å²) in [6.07, 6.45) is 0. The average molecular weight is 267 g/mol. The maximum Gasteiger partial charge on any atom is 0.0354 e. The second kappa shape index (κ2) is 11.1. The van der Waals surface area contributed by atoms with Crippen LogP contribution in [0.15, 0.2) is 24.3 Å². The van der Waals surface area contributed by atoms with Crippen molar-refractivity contribution < 1.29 is 0 Å². The number of nitrogens with one attached hydrogen (secondary N) is 4. The summed E-state index contributed by atoms with van der Waals surface area (Å²) in [6, 6.07) is 8.35. The van der Waals surface area contributed by atoms with Gasteiger partial charge >= 0.3 is 0 Å². The maximum absolute atomic E-state index is 3.08. The Morgan fingerprint density at radius 1 is 0.812 bits per heavy atom. The Hall–Kier alpha value is -0.360. The lowest BCUT2D eigenvalue weighted by Crippen LogP contribution is -2.29. The van der Waals surface area contributed by atoms with Crippen LogP contribution >= 0.6 is 24.8 Å². The van der Waals surface area contributed by atoms with E-state index < -0.39 is 0 Å². The molecular formula is C10H20Cl2N4. The first-order chi connectivity index (χ1) is 6.88. The van der Waals surface area contributed by atoms with E-state index in [4.69, 9.17) is 0 Å². The van der Waals surface area contributed by atoms with Crippen LogP contribution in [0.4, 0.5) is 0 Å². The van der Waals surface area contributed by atoms with Crippen LogP contribution in [0.1, 0.15) is 11.1 Å². The van der Waals surface area contributed by atoms with Crippen LogP contribution in [-0.4, -0.2) is 14.1 Å². The highest BCUT2D eigenvalue weighted by Crippen LogP contribution is 2.07. The molecule has 1 aromatic rings. The Labute approximate surface area is 109 Å². The Balaban J connectivity index is 0. The lowest BCUT2D eigenvalue weighted by Gasteiger charge is -2.10. The largest absolute Gasteiger partial charge is 0.261 e. The number of rotatable bonds is 6. The summed E-state index contributed by atoms with van der Waals surface area (Å²) >= 11 is 0. The maximum atomic E-state index is 3.08. The second-order valence-corrected chi connectivity index (χ2v) is 2.98. The van der Waals surface area contributed by atoms with Gasteiger partial charge in [0, 0.05) is 13.1 Å². The smallest absolute Gasteiger partial charge is 0.0354 e. The highest BCUT2D eigenvalue weighted by Gasteiger charge is 1.99.